The lowest BCUT2D eigenvalue weighted by Crippen LogP contribution is -2.52. The number of carbonyl (C=O) groups excluding carboxylic acids is 2. The minimum absolute atomic E-state index is 0.0783. The van der Waals surface area contributed by atoms with Crippen molar-refractivity contribution in [2.24, 2.45) is 5.92 Å². The van der Waals surface area contributed by atoms with Crippen LogP contribution in [0.15, 0.2) is 48.5 Å². The van der Waals surface area contributed by atoms with Crippen molar-refractivity contribution in [3.05, 3.63) is 59.1 Å². The van der Waals surface area contributed by atoms with Crippen molar-refractivity contribution in [3.8, 4) is 11.5 Å². The zero-order valence-electron chi connectivity index (χ0n) is 16.7. The van der Waals surface area contributed by atoms with Crippen LogP contribution in [0, 0.1) is 5.92 Å². The fraction of sp³-hybridized carbons (Fsp3) is 0.364. The number of para-hydroxylation sites is 2. The van der Waals surface area contributed by atoms with Gasteiger partial charge in [0.25, 0.3) is 5.91 Å². The maximum Gasteiger partial charge on any atom is 0.251 e. The van der Waals surface area contributed by atoms with Gasteiger partial charge in [0.1, 0.15) is 12.6 Å². The monoisotopic (exact) mass is 416 g/mol. The molecule has 6 nitrogen and oxygen atoms in total. The molecule has 0 radical (unpaired) electrons. The Morgan fingerprint density at radius 2 is 1.79 bits per heavy atom. The number of fused-ring (bicyclic) bond motifs is 1. The van der Waals surface area contributed by atoms with E-state index in [2.05, 4.69) is 5.32 Å². The largest absolute Gasteiger partial charge is 0.486 e. The number of amides is 2. The molecule has 2 aromatic rings. The van der Waals surface area contributed by atoms with Crippen LogP contribution in [0.3, 0.4) is 0 Å². The number of carbonyl (C=O) groups is 2. The molecule has 2 aromatic carbocycles. The number of hydrogen-bond acceptors (Lipinski definition) is 4. The Morgan fingerprint density at radius 1 is 1.14 bits per heavy atom. The molecule has 0 fully saturated rings. The van der Waals surface area contributed by atoms with E-state index in [-0.39, 0.29) is 23.8 Å². The van der Waals surface area contributed by atoms with Gasteiger partial charge in [0.15, 0.2) is 17.6 Å². The Bertz CT molecular complexity index is 869. The van der Waals surface area contributed by atoms with Crippen LogP contribution in [0.5, 0.6) is 11.5 Å². The van der Waals surface area contributed by atoms with Gasteiger partial charge >= 0.3 is 0 Å². The maximum atomic E-state index is 13.0. The van der Waals surface area contributed by atoms with Gasteiger partial charge in [-0.25, -0.2) is 0 Å². The third-order valence-corrected chi connectivity index (χ3v) is 5.00. The molecule has 0 saturated carbocycles. The molecule has 29 heavy (non-hydrogen) atoms. The number of likely N-dealkylation sites (N-methyl/N-ethyl adjacent to an activating group) is 1. The molecule has 154 valence electrons. The van der Waals surface area contributed by atoms with Gasteiger partial charge in [-0.2, -0.15) is 0 Å². The third kappa shape index (κ3) is 5.21. The van der Waals surface area contributed by atoms with E-state index in [9.17, 15) is 9.59 Å². The molecular formula is C22H25ClN2O4. The molecule has 1 heterocycles. The average molecular weight is 417 g/mol. The molecule has 2 amide bonds. The van der Waals surface area contributed by atoms with E-state index in [1.54, 1.807) is 36.2 Å². The fourth-order valence-electron chi connectivity index (χ4n) is 3.13. The summed E-state index contributed by atoms with van der Waals surface area (Å²) in [5.74, 6) is 0.803. The highest BCUT2D eigenvalue weighted by Gasteiger charge is 2.30. The summed E-state index contributed by atoms with van der Waals surface area (Å²) in [6.45, 7) is 4.51. The second kappa shape index (κ2) is 9.18. The van der Waals surface area contributed by atoms with E-state index in [4.69, 9.17) is 21.1 Å². The predicted molar refractivity (Wildman–Crippen MR) is 112 cm³/mol. The molecule has 1 aliphatic heterocycles. The first kappa shape index (κ1) is 21.0. The molecule has 7 heteroatoms. The van der Waals surface area contributed by atoms with Crippen molar-refractivity contribution in [2.75, 3.05) is 20.2 Å². The highest BCUT2D eigenvalue weighted by Crippen LogP contribution is 2.31. The first-order chi connectivity index (χ1) is 13.8. The van der Waals surface area contributed by atoms with Gasteiger partial charge in [-0.15, -0.1) is 0 Å². The van der Waals surface area contributed by atoms with Crippen LogP contribution in [0.25, 0.3) is 0 Å². The van der Waals surface area contributed by atoms with E-state index in [1.807, 2.05) is 38.1 Å². The Balaban J connectivity index is 1.62. The zero-order valence-corrected chi connectivity index (χ0v) is 17.5. The van der Waals surface area contributed by atoms with Crippen LogP contribution in [0.4, 0.5) is 0 Å². The normalized spacial score (nSPS) is 16.2. The minimum Gasteiger partial charge on any atom is -0.486 e. The molecular weight excluding hydrogens is 392 g/mol. The second-order valence-electron chi connectivity index (χ2n) is 7.42. The van der Waals surface area contributed by atoms with Crippen LogP contribution in [0.2, 0.25) is 5.02 Å². The molecule has 0 aliphatic carbocycles. The topological polar surface area (TPSA) is 67.9 Å². The maximum absolute atomic E-state index is 13.0. The average Bonchev–Trinajstić information content (AvgIpc) is 2.71. The Morgan fingerprint density at radius 3 is 2.45 bits per heavy atom. The SMILES string of the molecule is CC(C)C(NC(=O)c1ccc(Cl)cc1)C(=O)N(C)CC1COc2ccccc2O1. The van der Waals surface area contributed by atoms with E-state index in [0.29, 0.717) is 35.2 Å². The van der Waals surface area contributed by atoms with Gasteiger partial charge in [-0.3, -0.25) is 9.59 Å². The number of nitrogens with zero attached hydrogens (tertiary/aromatic N) is 1. The van der Waals surface area contributed by atoms with Crippen molar-refractivity contribution >= 4 is 23.4 Å². The van der Waals surface area contributed by atoms with Crippen molar-refractivity contribution in [1.82, 2.24) is 10.2 Å². The van der Waals surface area contributed by atoms with Gasteiger partial charge in [-0.1, -0.05) is 37.6 Å². The Kier molecular flexibility index (Phi) is 6.64. The summed E-state index contributed by atoms with van der Waals surface area (Å²) in [5.41, 5.74) is 0.455. The molecule has 0 aromatic heterocycles. The Labute approximate surface area is 175 Å². The summed E-state index contributed by atoms with van der Waals surface area (Å²) >= 11 is 5.87. The van der Waals surface area contributed by atoms with Gasteiger partial charge in [0.05, 0.1) is 6.54 Å². The summed E-state index contributed by atoms with van der Waals surface area (Å²) in [6, 6.07) is 13.4. The van der Waals surface area contributed by atoms with Crippen LogP contribution < -0.4 is 14.8 Å². The molecule has 2 atom stereocenters. The molecule has 3 rings (SSSR count). The lowest BCUT2D eigenvalue weighted by molar-refractivity contribution is -0.134. The van der Waals surface area contributed by atoms with E-state index in [1.165, 1.54) is 0 Å². The fourth-order valence-corrected chi connectivity index (χ4v) is 3.25. The summed E-state index contributed by atoms with van der Waals surface area (Å²) in [5, 5.41) is 3.39. The summed E-state index contributed by atoms with van der Waals surface area (Å²) in [4.78, 5) is 27.2. The summed E-state index contributed by atoms with van der Waals surface area (Å²) < 4.78 is 11.6. The second-order valence-corrected chi connectivity index (χ2v) is 7.85. The quantitative estimate of drug-likeness (QED) is 0.783. The van der Waals surface area contributed by atoms with Crippen molar-refractivity contribution in [1.29, 1.82) is 0 Å². The lowest BCUT2D eigenvalue weighted by atomic mass is 10.0. The highest BCUT2D eigenvalue weighted by atomic mass is 35.5. The zero-order chi connectivity index (χ0) is 21.0. The van der Waals surface area contributed by atoms with Gasteiger partial charge in [0.2, 0.25) is 5.91 Å². The van der Waals surface area contributed by atoms with Crippen molar-refractivity contribution < 1.29 is 19.1 Å². The highest BCUT2D eigenvalue weighted by molar-refractivity contribution is 6.30. The van der Waals surface area contributed by atoms with E-state index in [0.717, 1.165) is 0 Å². The minimum atomic E-state index is -0.653. The van der Waals surface area contributed by atoms with Gasteiger partial charge in [0, 0.05) is 17.6 Å². The van der Waals surface area contributed by atoms with Crippen LogP contribution in [-0.4, -0.2) is 49.1 Å². The van der Waals surface area contributed by atoms with Crippen molar-refractivity contribution in [2.45, 2.75) is 26.0 Å². The summed E-state index contributed by atoms with van der Waals surface area (Å²) in [7, 11) is 1.70. The number of halogens is 1. The molecule has 1 N–H and O–H groups in total. The van der Waals surface area contributed by atoms with Crippen LogP contribution in [-0.2, 0) is 4.79 Å². The number of nitrogens with one attached hydrogen (secondary N) is 1. The molecule has 0 bridgehead atoms. The number of ether oxygens (including phenoxy) is 2. The first-order valence-corrected chi connectivity index (χ1v) is 9.93. The number of hydrogen-bond donors (Lipinski definition) is 1. The lowest BCUT2D eigenvalue weighted by Gasteiger charge is -2.32. The number of benzene rings is 2. The first-order valence-electron chi connectivity index (χ1n) is 9.55. The third-order valence-electron chi connectivity index (χ3n) is 4.75. The standard InChI is InChI=1S/C22H25ClN2O4/c1-14(2)20(24-21(26)15-8-10-16(23)11-9-15)22(27)25(3)12-17-13-28-18-6-4-5-7-19(18)29-17/h4-11,14,17,20H,12-13H2,1-3H3,(H,24,26). The molecule has 2 unspecified atom stereocenters. The summed E-state index contributed by atoms with van der Waals surface area (Å²) in [6.07, 6.45) is -0.279. The van der Waals surface area contributed by atoms with Gasteiger partial charge in [-0.05, 0) is 42.3 Å². The van der Waals surface area contributed by atoms with Crippen LogP contribution >= 0.6 is 11.6 Å². The van der Waals surface area contributed by atoms with Crippen LogP contribution in [0.1, 0.15) is 24.2 Å². The van der Waals surface area contributed by atoms with Crippen molar-refractivity contribution in [3.63, 3.8) is 0 Å². The van der Waals surface area contributed by atoms with Gasteiger partial charge < -0.3 is 19.7 Å². The molecule has 0 saturated heterocycles. The van der Waals surface area contributed by atoms with E-state index < -0.39 is 6.04 Å². The molecule has 0 spiro atoms. The number of rotatable bonds is 6. The molecule has 1 aliphatic rings. The predicted octanol–water partition coefficient (Wildman–Crippen LogP) is 3.39. The smallest absolute Gasteiger partial charge is 0.251 e. The van der Waals surface area contributed by atoms with E-state index >= 15 is 0 Å². The Hall–Kier alpha value is -2.73.